The molecule has 2 aromatic rings. The van der Waals surface area contributed by atoms with Crippen molar-refractivity contribution >= 4 is 11.6 Å². The maximum atomic E-state index is 12.3. The van der Waals surface area contributed by atoms with Crippen molar-refractivity contribution < 1.29 is 9.21 Å². The molecule has 0 bridgehead atoms. The number of para-hydroxylation sites is 1. The normalized spacial score (nSPS) is 15.5. The lowest BCUT2D eigenvalue weighted by molar-refractivity contribution is 0.0580. The van der Waals surface area contributed by atoms with Crippen molar-refractivity contribution in [1.82, 2.24) is 9.88 Å². The molecule has 1 aliphatic heterocycles. The van der Waals surface area contributed by atoms with E-state index in [1.54, 1.807) is 11.1 Å². The van der Waals surface area contributed by atoms with Crippen molar-refractivity contribution in [3.05, 3.63) is 48.2 Å². The van der Waals surface area contributed by atoms with E-state index >= 15 is 0 Å². The molecule has 2 heterocycles. The van der Waals surface area contributed by atoms with Crippen LogP contribution in [-0.4, -0.2) is 34.9 Å². The van der Waals surface area contributed by atoms with Crippen LogP contribution in [0.5, 0.6) is 0 Å². The van der Waals surface area contributed by atoms with Gasteiger partial charge < -0.3 is 14.6 Å². The number of carbonyl (C=O) groups excluding carboxylic acids is 1. The number of hydrogen-bond acceptors (Lipinski definition) is 4. The van der Waals surface area contributed by atoms with E-state index in [0.29, 0.717) is 13.1 Å². The van der Waals surface area contributed by atoms with Crippen molar-refractivity contribution in [1.29, 1.82) is 0 Å². The van der Waals surface area contributed by atoms with E-state index < -0.39 is 0 Å². The van der Waals surface area contributed by atoms with Crippen LogP contribution >= 0.6 is 0 Å². The monoisotopic (exact) mass is 299 g/mol. The van der Waals surface area contributed by atoms with Crippen LogP contribution in [-0.2, 0) is 5.41 Å². The third kappa shape index (κ3) is 2.98. The summed E-state index contributed by atoms with van der Waals surface area (Å²) in [6, 6.07) is 10.3. The first-order valence-electron chi connectivity index (χ1n) is 7.50. The Kier molecular flexibility index (Phi) is 3.64. The number of anilines is 1. The average molecular weight is 299 g/mol. The second-order valence-electron chi connectivity index (χ2n) is 6.70. The van der Waals surface area contributed by atoms with Gasteiger partial charge in [0.15, 0.2) is 0 Å². The molecule has 1 N–H and O–H groups in total. The minimum atomic E-state index is -0.141. The lowest BCUT2D eigenvalue weighted by atomic mass is 9.94. The Morgan fingerprint density at radius 1 is 1.27 bits per heavy atom. The molecule has 0 aliphatic carbocycles. The Morgan fingerprint density at radius 2 is 1.95 bits per heavy atom. The summed E-state index contributed by atoms with van der Waals surface area (Å²) in [7, 11) is 0. The van der Waals surface area contributed by atoms with Gasteiger partial charge in [0.2, 0.25) is 0 Å². The number of aromatic nitrogens is 1. The average Bonchev–Trinajstić information content (AvgIpc) is 2.92. The molecular formula is C17H21N3O2. The summed E-state index contributed by atoms with van der Waals surface area (Å²) in [5.41, 5.74) is 0.934. The molecule has 22 heavy (non-hydrogen) atoms. The Bertz CT molecular complexity index is 652. The van der Waals surface area contributed by atoms with Crippen LogP contribution in [0.4, 0.5) is 5.69 Å². The van der Waals surface area contributed by atoms with Gasteiger partial charge in [0, 0.05) is 24.2 Å². The minimum absolute atomic E-state index is 0.137. The topological polar surface area (TPSA) is 58.4 Å². The third-order valence-corrected chi connectivity index (χ3v) is 3.74. The van der Waals surface area contributed by atoms with Gasteiger partial charge in [-0.2, -0.15) is 0 Å². The van der Waals surface area contributed by atoms with Crippen molar-refractivity contribution in [2.75, 3.05) is 18.4 Å². The zero-order chi connectivity index (χ0) is 15.7. The van der Waals surface area contributed by atoms with E-state index in [1.807, 2.05) is 51.1 Å². The van der Waals surface area contributed by atoms with Crippen LogP contribution in [0.15, 0.2) is 40.9 Å². The molecule has 0 atom stereocenters. The van der Waals surface area contributed by atoms with E-state index in [-0.39, 0.29) is 23.3 Å². The number of likely N-dealkylation sites (tertiary alicyclic amines) is 1. The van der Waals surface area contributed by atoms with Crippen LogP contribution in [0, 0.1) is 0 Å². The summed E-state index contributed by atoms with van der Waals surface area (Å²) in [6.07, 6.45) is 1.65. The zero-order valence-corrected chi connectivity index (χ0v) is 13.2. The molecule has 1 fully saturated rings. The van der Waals surface area contributed by atoms with Crippen molar-refractivity contribution in [2.24, 2.45) is 0 Å². The highest BCUT2D eigenvalue weighted by atomic mass is 16.4. The molecule has 1 saturated heterocycles. The molecule has 116 valence electrons. The Hall–Kier alpha value is -2.30. The zero-order valence-electron chi connectivity index (χ0n) is 13.2. The third-order valence-electron chi connectivity index (χ3n) is 3.74. The molecule has 0 saturated carbocycles. The molecule has 0 spiro atoms. The van der Waals surface area contributed by atoms with Gasteiger partial charge in [-0.25, -0.2) is 4.98 Å². The molecule has 1 aliphatic rings. The number of carbonyl (C=O) groups is 1. The second kappa shape index (κ2) is 5.48. The van der Waals surface area contributed by atoms with E-state index in [0.717, 1.165) is 11.4 Å². The number of oxazole rings is 1. The lowest BCUT2D eigenvalue weighted by Crippen LogP contribution is -2.57. The van der Waals surface area contributed by atoms with E-state index in [9.17, 15) is 4.79 Å². The van der Waals surface area contributed by atoms with E-state index in [1.165, 1.54) is 0 Å². The van der Waals surface area contributed by atoms with Crippen molar-refractivity contribution in [3.8, 4) is 0 Å². The van der Waals surface area contributed by atoms with Gasteiger partial charge >= 0.3 is 5.91 Å². The fourth-order valence-electron chi connectivity index (χ4n) is 2.36. The van der Waals surface area contributed by atoms with Gasteiger partial charge in [0.1, 0.15) is 5.76 Å². The van der Waals surface area contributed by atoms with Crippen LogP contribution in [0.25, 0.3) is 0 Å². The smallest absolute Gasteiger partial charge is 0.309 e. The van der Waals surface area contributed by atoms with Gasteiger partial charge in [0.05, 0.1) is 12.2 Å². The SMILES string of the molecule is CC(C)(C)c1cnc(C(=O)N2CC(Nc3ccccc3)C2)o1. The molecule has 0 radical (unpaired) electrons. The van der Waals surface area contributed by atoms with Gasteiger partial charge in [-0.15, -0.1) is 0 Å². The predicted molar refractivity (Wildman–Crippen MR) is 85.0 cm³/mol. The fraction of sp³-hybridized carbons (Fsp3) is 0.412. The number of nitrogens with one attached hydrogen (secondary N) is 1. The lowest BCUT2D eigenvalue weighted by Gasteiger charge is -2.39. The summed E-state index contributed by atoms with van der Waals surface area (Å²) in [5.74, 6) is 0.778. The molecular weight excluding hydrogens is 278 g/mol. The number of nitrogens with zero attached hydrogens (tertiary/aromatic N) is 2. The first kappa shape index (κ1) is 14.6. The Labute approximate surface area is 130 Å². The summed E-state index contributed by atoms with van der Waals surface area (Å²) < 4.78 is 5.60. The summed E-state index contributed by atoms with van der Waals surface area (Å²) in [6.45, 7) is 7.43. The molecule has 1 aromatic heterocycles. The molecule has 5 nitrogen and oxygen atoms in total. The minimum Gasteiger partial charge on any atom is -0.437 e. The summed E-state index contributed by atoms with van der Waals surface area (Å²) in [5, 5.41) is 3.40. The molecule has 0 unspecified atom stereocenters. The van der Waals surface area contributed by atoms with Gasteiger partial charge in [-0.1, -0.05) is 39.0 Å². The maximum Gasteiger partial charge on any atom is 0.309 e. The van der Waals surface area contributed by atoms with Crippen molar-refractivity contribution in [3.63, 3.8) is 0 Å². The number of hydrogen-bond donors (Lipinski definition) is 1. The van der Waals surface area contributed by atoms with Gasteiger partial charge in [0.25, 0.3) is 5.89 Å². The number of benzene rings is 1. The maximum absolute atomic E-state index is 12.3. The van der Waals surface area contributed by atoms with E-state index in [2.05, 4.69) is 10.3 Å². The molecule has 3 rings (SSSR count). The first-order chi connectivity index (χ1) is 10.4. The largest absolute Gasteiger partial charge is 0.437 e. The highest BCUT2D eigenvalue weighted by Crippen LogP contribution is 2.24. The first-order valence-corrected chi connectivity index (χ1v) is 7.50. The predicted octanol–water partition coefficient (Wildman–Crippen LogP) is 2.91. The fourth-order valence-corrected chi connectivity index (χ4v) is 2.36. The standard InChI is InChI=1S/C17H21N3O2/c1-17(2,3)14-9-18-15(22-14)16(21)20-10-13(11-20)19-12-7-5-4-6-8-12/h4-9,13,19H,10-11H2,1-3H3. The highest BCUT2D eigenvalue weighted by Gasteiger charge is 2.34. The summed E-state index contributed by atoms with van der Waals surface area (Å²) >= 11 is 0. The molecule has 5 heteroatoms. The quantitative estimate of drug-likeness (QED) is 0.946. The Balaban J connectivity index is 1.56. The van der Waals surface area contributed by atoms with Crippen LogP contribution < -0.4 is 5.32 Å². The highest BCUT2D eigenvalue weighted by molar-refractivity contribution is 5.90. The van der Waals surface area contributed by atoms with Crippen LogP contribution in [0.1, 0.15) is 37.2 Å². The Morgan fingerprint density at radius 3 is 2.55 bits per heavy atom. The second-order valence-corrected chi connectivity index (χ2v) is 6.70. The van der Waals surface area contributed by atoms with Crippen molar-refractivity contribution in [2.45, 2.75) is 32.2 Å². The van der Waals surface area contributed by atoms with Gasteiger partial charge in [-0.05, 0) is 12.1 Å². The molecule has 1 amide bonds. The number of amides is 1. The number of rotatable bonds is 3. The van der Waals surface area contributed by atoms with Gasteiger partial charge in [-0.3, -0.25) is 4.79 Å². The van der Waals surface area contributed by atoms with Crippen LogP contribution in [0.2, 0.25) is 0 Å². The molecule has 1 aromatic carbocycles. The van der Waals surface area contributed by atoms with Crippen LogP contribution in [0.3, 0.4) is 0 Å². The summed E-state index contributed by atoms with van der Waals surface area (Å²) in [4.78, 5) is 18.2. The van der Waals surface area contributed by atoms with E-state index in [4.69, 9.17) is 4.42 Å².